The van der Waals surface area contributed by atoms with Crippen molar-refractivity contribution in [2.45, 2.75) is 40.0 Å². The van der Waals surface area contributed by atoms with Gasteiger partial charge in [-0.1, -0.05) is 59.9 Å². The van der Waals surface area contributed by atoms with Crippen molar-refractivity contribution in [3.8, 4) is 0 Å². The summed E-state index contributed by atoms with van der Waals surface area (Å²) in [5, 5.41) is 4.57. The van der Waals surface area contributed by atoms with Gasteiger partial charge in [-0.2, -0.15) is 0 Å². The van der Waals surface area contributed by atoms with Crippen molar-refractivity contribution in [2.75, 3.05) is 19.6 Å². The molecular formula is C25H29Cl3N2O3. The number of hydrogen-bond donors (Lipinski definition) is 1. The molecule has 1 unspecified atom stereocenters. The van der Waals surface area contributed by atoms with Crippen LogP contribution < -0.4 is 5.32 Å². The smallest absolute Gasteiger partial charge is 0.226 e. The van der Waals surface area contributed by atoms with Crippen LogP contribution in [0, 0.1) is 12.8 Å². The van der Waals surface area contributed by atoms with Crippen molar-refractivity contribution >= 4 is 52.4 Å². The molecule has 2 aromatic rings. The van der Waals surface area contributed by atoms with Gasteiger partial charge in [0, 0.05) is 40.5 Å². The maximum Gasteiger partial charge on any atom is 0.226 e. The fourth-order valence-electron chi connectivity index (χ4n) is 3.46. The number of ketones is 1. The molecule has 0 spiro atoms. The predicted molar refractivity (Wildman–Crippen MR) is 134 cm³/mol. The maximum absolute atomic E-state index is 13.0. The van der Waals surface area contributed by atoms with E-state index in [9.17, 15) is 14.4 Å². The van der Waals surface area contributed by atoms with E-state index in [4.69, 9.17) is 34.8 Å². The van der Waals surface area contributed by atoms with Gasteiger partial charge >= 0.3 is 0 Å². The molecule has 5 nitrogen and oxygen atoms in total. The highest BCUT2D eigenvalue weighted by molar-refractivity contribution is 6.35. The zero-order valence-electron chi connectivity index (χ0n) is 19.1. The highest BCUT2D eigenvalue weighted by atomic mass is 35.5. The average Bonchev–Trinajstić information content (AvgIpc) is 2.72. The number of nitrogens with one attached hydrogen (secondary N) is 1. The molecule has 0 saturated carbocycles. The van der Waals surface area contributed by atoms with Gasteiger partial charge in [-0.25, -0.2) is 0 Å². The molecule has 0 aliphatic carbocycles. The lowest BCUT2D eigenvalue weighted by Gasteiger charge is -2.25. The molecule has 2 amide bonds. The van der Waals surface area contributed by atoms with Crippen LogP contribution in [0.25, 0.3) is 0 Å². The minimum Gasteiger partial charge on any atom is -0.356 e. The van der Waals surface area contributed by atoms with Gasteiger partial charge in [0.2, 0.25) is 11.8 Å². The Morgan fingerprint density at radius 2 is 1.61 bits per heavy atom. The molecule has 0 heterocycles. The third kappa shape index (κ3) is 9.00. The topological polar surface area (TPSA) is 66.5 Å². The highest BCUT2D eigenvalue weighted by Gasteiger charge is 2.24. The van der Waals surface area contributed by atoms with Crippen LogP contribution in [0.15, 0.2) is 36.4 Å². The number of carbonyl (C=O) groups is 3. The Kier molecular flexibility index (Phi) is 10.7. The number of aryl methyl sites for hydroxylation is 1. The SMILES string of the molecule is CC(=O)CN(CCc1ccc(C)cc1Cl)C(=O)C(C)CC(=O)NCCc1ccc(Cl)cc1Cl. The summed E-state index contributed by atoms with van der Waals surface area (Å²) in [6.07, 6.45) is 1.11. The zero-order chi connectivity index (χ0) is 24.5. The van der Waals surface area contributed by atoms with E-state index in [2.05, 4.69) is 5.32 Å². The fraction of sp³-hybridized carbons (Fsp3) is 0.400. The van der Waals surface area contributed by atoms with Crippen LogP contribution >= 0.6 is 34.8 Å². The Morgan fingerprint density at radius 1 is 0.970 bits per heavy atom. The first-order valence-corrected chi connectivity index (χ1v) is 11.9. The molecule has 0 aliphatic rings. The van der Waals surface area contributed by atoms with Gasteiger partial charge in [0.05, 0.1) is 6.54 Å². The second kappa shape index (κ2) is 13.0. The van der Waals surface area contributed by atoms with Crippen molar-refractivity contribution in [1.29, 1.82) is 0 Å². The Balaban J connectivity index is 1.89. The Hall–Kier alpha value is -2.08. The molecule has 0 bridgehead atoms. The summed E-state index contributed by atoms with van der Waals surface area (Å²) >= 11 is 18.4. The minimum absolute atomic E-state index is 0.00331. The molecule has 1 N–H and O–H groups in total. The van der Waals surface area contributed by atoms with E-state index in [0.717, 1.165) is 16.7 Å². The van der Waals surface area contributed by atoms with Gasteiger partial charge in [-0.05, 0) is 61.6 Å². The first-order chi connectivity index (χ1) is 15.6. The number of carbonyl (C=O) groups excluding carboxylic acids is 3. The normalized spacial score (nSPS) is 11.7. The summed E-state index contributed by atoms with van der Waals surface area (Å²) in [7, 11) is 0. The number of amides is 2. The average molecular weight is 512 g/mol. The van der Waals surface area contributed by atoms with Crippen LogP contribution in [0.4, 0.5) is 0 Å². The standard InChI is InChI=1S/C25H29Cl3N2O3/c1-16-4-5-20(22(27)12-16)9-11-30(15-18(3)31)25(33)17(2)13-24(32)29-10-8-19-6-7-21(26)14-23(19)28/h4-7,12,14,17H,8-11,13,15H2,1-3H3,(H,29,32). The third-order valence-corrected chi connectivity index (χ3v) is 6.17. The summed E-state index contributed by atoms with van der Waals surface area (Å²) in [4.78, 5) is 38.6. The Bertz CT molecular complexity index is 1010. The van der Waals surface area contributed by atoms with Gasteiger partial charge in [-0.3, -0.25) is 14.4 Å². The fourth-order valence-corrected chi connectivity index (χ4v) is 4.29. The van der Waals surface area contributed by atoms with Crippen molar-refractivity contribution in [2.24, 2.45) is 5.92 Å². The molecule has 0 aromatic heterocycles. The van der Waals surface area contributed by atoms with E-state index in [0.29, 0.717) is 41.0 Å². The lowest BCUT2D eigenvalue weighted by atomic mass is 10.0. The largest absolute Gasteiger partial charge is 0.356 e. The van der Waals surface area contributed by atoms with E-state index >= 15 is 0 Å². The lowest BCUT2D eigenvalue weighted by molar-refractivity contribution is -0.140. The van der Waals surface area contributed by atoms with Gasteiger partial charge in [0.15, 0.2) is 0 Å². The molecule has 0 radical (unpaired) electrons. The number of Topliss-reactive ketones (excluding diaryl/α,β-unsaturated/α-hetero) is 1. The Labute approximate surface area is 210 Å². The minimum atomic E-state index is -0.558. The lowest BCUT2D eigenvalue weighted by Crippen LogP contribution is -2.41. The zero-order valence-corrected chi connectivity index (χ0v) is 21.4. The van der Waals surface area contributed by atoms with E-state index < -0.39 is 5.92 Å². The Morgan fingerprint density at radius 3 is 2.24 bits per heavy atom. The first kappa shape index (κ1) is 27.2. The van der Waals surface area contributed by atoms with Gasteiger partial charge in [-0.15, -0.1) is 0 Å². The molecule has 33 heavy (non-hydrogen) atoms. The van der Waals surface area contributed by atoms with Crippen LogP contribution in [0.2, 0.25) is 15.1 Å². The van der Waals surface area contributed by atoms with Crippen LogP contribution in [-0.2, 0) is 27.2 Å². The van der Waals surface area contributed by atoms with E-state index in [1.54, 1.807) is 19.1 Å². The summed E-state index contributed by atoms with van der Waals surface area (Å²) in [5.74, 6) is -1.14. The summed E-state index contributed by atoms with van der Waals surface area (Å²) in [6, 6.07) is 11.0. The molecule has 178 valence electrons. The van der Waals surface area contributed by atoms with Crippen molar-refractivity contribution in [1.82, 2.24) is 10.2 Å². The van der Waals surface area contributed by atoms with Crippen LogP contribution in [0.3, 0.4) is 0 Å². The van der Waals surface area contributed by atoms with E-state index in [-0.39, 0.29) is 30.6 Å². The quantitative estimate of drug-likeness (QED) is 0.445. The molecule has 2 aromatic carbocycles. The number of benzene rings is 2. The summed E-state index contributed by atoms with van der Waals surface area (Å²) < 4.78 is 0. The van der Waals surface area contributed by atoms with Crippen molar-refractivity contribution in [3.05, 3.63) is 68.2 Å². The second-order valence-corrected chi connectivity index (χ2v) is 9.50. The van der Waals surface area contributed by atoms with Crippen LogP contribution in [-0.4, -0.2) is 42.1 Å². The first-order valence-electron chi connectivity index (χ1n) is 10.8. The molecule has 8 heteroatoms. The number of halogens is 3. The molecular weight excluding hydrogens is 483 g/mol. The highest BCUT2D eigenvalue weighted by Crippen LogP contribution is 2.21. The molecule has 0 fully saturated rings. The second-order valence-electron chi connectivity index (χ2n) is 8.25. The summed E-state index contributed by atoms with van der Waals surface area (Å²) in [6.45, 7) is 5.84. The predicted octanol–water partition coefficient (Wildman–Crippen LogP) is 5.30. The van der Waals surface area contributed by atoms with Crippen LogP contribution in [0.1, 0.15) is 37.0 Å². The monoisotopic (exact) mass is 510 g/mol. The van der Waals surface area contributed by atoms with Gasteiger partial charge in [0.1, 0.15) is 5.78 Å². The number of nitrogens with zero attached hydrogens (tertiary/aromatic N) is 1. The molecule has 0 saturated heterocycles. The third-order valence-electron chi connectivity index (χ3n) is 5.23. The molecule has 0 aliphatic heterocycles. The number of hydrogen-bond acceptors (Lipinski definition) is 3. The number of rotatable bonds is 11. The van der Waals surface area contributed by atoms with Crippen molar-refractivity contribution in [3.63, 3.8) is 0 Å². The van der Waals surface area contributed by atoms with E-state index in [1.165, 1.54) is 11.8 Å². The van der Waals surface area contributed by atoms with Crippen LogP contribution in [0.5, 0.6) is 0 Å². The summed E-state index contributed by atoms with van der Waals surface area (Å²) in [5.41, 5.74) is 2.85. The van der Waals surface area contributed by atoms with Gasteiger partial charge in [0.25, 0.3) is 0 Å². The molecule has 2 rings (SSSR count). The van der Waals surface area contributed by atoms with Gasteiger partial charge < -0.3 is 10.2 Å². The van der Waals surface area contributed by atoms with E-state index in [1.807, 2.05) is 31.2 Å². The molecule has 1 atom stereocenters. The maximum atomic E-state index is 13.0. The van der Waals surface area contributed by atoms with Crippen molar-refractivity contribution < 1.29 is 14.4 Å².